The Hall–Kier alpha value is -2.83. The molecule has 170 valence electrons. The lowest BCUT2D eigenvalue weighted by Crippen LogP contribution is -2.40. The fraction of sp³-hybridized carbons (Fsp3) is 0.560. The molecule has 4 heterocycles. The summed E-state index contributed by atoms with van der Waals surface area (Å²) in [6.07, 6.45) is 7.34. The Morgan fingerprint density at radius 1 is 0.906 bits per heavy atom. The minimum absolute atomic E-state index is 0.161. The van der Waals surface area contributed by atoms with Gasteiger partial charge in [-0.05, 0) is 49.8 Å². The van der Waals surface area contributed by atoms with E-state index in [9.17, 15) is 4.79 Å². The van der Waals surface area contributed by atoms with E-state index in [2.05, 4.69) is 9.80 Å². The van der Waals surface area contributed by atoms with Crippen LogP contribution in [0.1, 0.15) is 48.9 Å². The standard InChI is InChI=1S/C25H33N5O2/c1-32-20-9-7-19(8-10-20)17-23(31)30-16-11-22-21(18-30)24(28-12-3-2-4-13-28)27-25(26-22)29-14-5-6-15-29/h7-10H,2-6,11-18H2,1H3. The number of nitrogens with zero attached hydrogens (tertiary/aromatic N) is 5. The maximum atomic E-state index is 13.1. The van der Waals surface area contributed by atoms with Crippen molar-refractivity contribution in [2.45, 2.75) is 51.5 Å². The summed E-state index contributed by atoms with van der Waals surface area (Å²) in [7, 11) is 1.66. The Balaban J connectivity index is 1.38. The highest BCUT2D eigenvalue weighted by Crippen LogP contribution is 2.31. The smallest absolute Gasteiger partial charge is 0.227 e. The number of ether oxygens (including phenoxy) is 1. The molecule has 0 aliphatic carbocycles. The van der Waals surface area contributed by atoms with Crippen molar-refractivity contribution in [1.82, 2.24) is 14.9 Å². The van der Waals surface area contributed by atoms with Crippen LogP contribution in [0.2, 0.25) is 0 Å². The van der Waals surface area contributed by atoms with Gasteiger partial charge in [-0.1, -0.05) is 12.1 Å². The van der Waals surface area contributed by atoms with Crippen molar-refractivity contribution in [2.24, 2.45) is 0 Å². The van der Waals surface area contributed by atoms with E-state index in [1.165, 1.54) is 32.1 Å². The van der Waals surface area contributed by atoms with Crippen molar-refractivity contribution >= 4 is 17.7 Å². The number of anilines is 2. The summed E-state index contributed by atoms with van der Waals surface area (Å²) in [5.41, 5.74) is 3.30. The number of amides is 1. The van der Waals surface area contributed by atoms with Gasteiger partial charge in [0, 0.05) is 44.7 Å². The van der Waals surface area contributed by atoms with E-state index < -0.39 is 0 Å². The molecule has 32 heavy (non-hydrogen) atoms. The van der Waals surface area contributed by atoms with Crippen LogP contribution in [0.15, 0.2) is 24.3 Å². The second kappa shape index (κ2) is 9.35. The van der Waals surface area contributed by atoms with Gasteiger partial charge < -0.3 is 19.4 Å². The van der Waals surface area contributed by atoms with Crippen LogP contribution in [0.5, 0.6) is 5.75 Å². The van der Waals surface area contributed by atoms with E-state index in [0.29, 0.717) is 13.0 Å². The van der Waals surface area contributed by atoms with Gasteiger partial charge in [0.2, 0.25) is 11.9 Å². The second-order valence-corrected chi connectivity index (χ2v) is 9.10. The van der Waals surface area contributed by atoms with Crippen LogP contribution >= 0.6 is 0 Å². The van der Waals surface area contributed by atoms with Crippen LogP contribution in [0.4, 0.5) is 11.8 Å². The molecule has 0 spiro atoms. The number of methoxy groups -OCH3 is 1. The first-order valence-electron chi connectivity index (χ1n) is 12.0. The molecular weight excluding hydrogens is 402 g/mol. The van der Waals surface area contributed by atoms with Gasteiger partial charge >= 0.3 is 0 Å². The van der Waals surface area contributed by atoms with Gasteiger partial charge in [-0.2, -0.15) is 4.98 Å². The lowest BCUT2D eigenvalue weighted by molar-refractivity contribution is -0.131. The minimum Gasteiger partial charge on any atom is -0.497 e. The lowest BCUT2D eigenvalue weighted by Gasteiger charge is -2.35. The number of carbonyl (C=O) groups excluding carboxylic acids is 1. The molecule has 1 aromatic heterocycles. The zero-order valence-corrected chi connectivity index (χ0v) is 19.1. The first-order valence-corrected chi connectivity index (χ1v) is 12.0. The van der Waals surface area contributed by atoms with Crippen LogP contribution in [0.3, 0.4) is 0 Å². The van der Waals surface area contributed by atoms with Gasteiger partial charge in [-0.25, -0.2) is 4.98 Å². The Kier molecular flexibility index (Phi) is 6.14. The monoisotopic (exact) mass is 435 g/mol. The van der Waals surface area contributed by atoms with Gasteiger partial charge in [0.1, 0.15) is 11.6 Å². The van der Waals surface area contributed by atoms with E-state index in [1.807, 2.05) is 29.2 Å². The van der Waals surface area contributed by atoms with E-state index in [4.69, 9.17) is 14.7 Å². The highest BCUT2D eigenvalue weighted by molar-refractivity contribution is 5.79. The first kappa shape index (κ1) is 21.0. The molecule has 7 heteroatoms. The second-order valence-electron chi connectivity index (χ2n) is 9.10. The molecule has 7 nitrogen and oxygen atoms in total. The molecular formula is C25H33N5O2. The van der Waals surface area contributed by atoms with E-state index in [1.54, 1.807) is 7.11 Å². The van der Waals surface area contributed by atoms with Crippen LogP contribution < -0.4 is 14.5 Å². The number of carbonyl (C=O) groups is 1. The molecule has 3 aliphatic rings. The van der Waals surface area contributed by atoms with E-state index >= 15 is 0 Å². The number of benzene rings is 1. The molecule has 5 rings (SSSR count). The summed E-state index contributed by atoms with van der Waals surface area (Å²) in [4.78, 5) is 29.9. The maximum Gasteiger partial charge on any atom is 0.227 e. The molecule has 0 atom stereocenters. The van der Waals surface area contributed by atoms with Crippen molar-refractivity contribution < 1.29 is 9.53 Å². The highest BCUT2D eigenvalue weighted by Gasteiger charge is 2.29. The molecule has 0 saturated carbocycles. The van der Waals surface area contributed by atoms with E-state index in [-0.39, 0.29) is 5.91 Å². The van der Waals surface area contributed by atoms with Crippen molar-refractivity contribution in [3.8, 4) is 5.75 Å². The highest BCUT2D eigenvalue weighted by atomic mass is 16.5. The molecule has 1 amide bonds. The number of hydrogen-bond acceptors (Lipinski definition) is 6. The number of rotatable bonds is 5. The zero-order valence-electron chi connectivity index (χ0n) is 19.1. The Morgan fingerprint density at radius 2 is 1.59 bits per heavy atom. The van der Waals surface area contributed by atoms with Crippen LogP contribution in [0.25, 0.3) is 0 Å². The topological polar surface area (TPSA) is 61.8 Å². The molecule has 3 aliphatic heterocycles. The quantitative estimate of drug-likeness (QED) is 0.719. The Morgan fingerprint density at radius 3 is 2.31 bits per heavy atom. The SMILES string of the molecule is COc1ccc(CC(=O)N2CCc3nc(N4CCCC4)nc(N4CCCCC4)c3C2)cc1. The van der Waals surface area contributed by atoms with Gasteiger partial charge in [0.25, 0.3) is 0 Å². The van der Waals surface area contributed by atoms with Gasteiger partial charge in [0.15, 0.2) is 0 Å². The Labute approximate surface area is 190 Å². The molecule has 0 N–H and O–H groups in total. The number of aromatic nitrogens is 2. The van der Waals surface area contributed by atoms with E-state index in [0.717, 1.165) is 73.5 Å². The minimum atomic E-state index is 0.161. The molecule has 2 fully saturated rings. The van der Waals surface area contributed by atoms with Crippen molar-refractivity contribution in [3.63, 3.8) is 0 Å². The lowest BCUT2D eigenvalue weighted by atomic mass is 10.0. The predicted octanol–water partition coefficient (Wildman–Crippen LogP) is 3.20. The fourth-order valence-corrected chi connectivity index (χ4v) is 5.05. The Bertz CT molecular complexity index is 950. The summed E-state index contributed by atoms with van der Waals surface area (Å²) in [5, 5.41) is 0. The molecule has 0 unspecified atom stereocenters. The van der Waals surface area contributed by atoms with Crippen LogP contribution in [0, 0.1) is 0 Å². The molecule has 2 saturated heterocycles. The average Bonchev–Trinajstić information content (AvgIpc) is 3.39. The molecule has 1 aromatic carbocycles. The third-order valence-electron chi connectivity index (χ3n) is 6.94. The van der Waals surface area contributed by atoms with Crippen molar-refractivity contribution in [3.05, 3.63) is 41.1 Å². The molecule has 2 aromatic rings. The third kappa shape index (κ3) is 4.38. The fourth-order valence-electron chi connectivity index (χ4n) is 5.05. The average molecular weight is 436 g/mol. The van der Waals surface area contributed by atoms with Crippen molar-refractivity contribution in [2.75, 3.05) is 49.6 Å². The first-order chi connectivity index (χ1) is 15.7. The maximum absolute atomic E-state index is 13.1. The van der Waals surface area contributed by atoms with Crippen LogP contribution in [-0.4, -0.2) is 60.6 Å². The van der Waals surface area contributed by atoms with Gasteiger partial charge in [-0.3, -0.25) is 4.79 Å². The van der Waals surface area contributed by atoms with Crippen LogP contribution in [-0.2, 0) is 24.2 Å². The third-order valence-corrected chi connectivity index (χ3v) is 6.94. The normalized spacial score (nSPS) is 18.6. The summed E-state index contributed by atoms with van der Waals surface area (Å²) < 4.78 is 5.23. The molecule has 0 radical (unpaired) electrons. The predicted molar refractivity (Wildman–Crippen MR) is 125 cm³/mol. The summed E-state index contributed by atoms with van der Waals surface area (Å²) in [6.45, 7) is 5.51. The van der Waals surface area contributed by atoms with Gasteiger partial charge in [0.05, 0.1) is 25.8 Å². The number of piperidine rings is 1. The molecule has 0 bridgehead atoms. The summed E-state index contributed by atoms with van der Waals surface area (Å²) in [5.74, 6) is 2.93. The van der Waals surface area contributed by atoms with Gasteiger partial charge in [-0.15, -0.1) is 0 Å². The largest absolute Gasteiger partial charge is 0.497 e. The van der Waals surface area contributed by atoms with Crippen molar-refractivity contribution in [1.29, 1.82) is 0 Å². The summed E-state index contributed by atoms with van der Waals surface area (Å²) >= 11 is 0. The number of hydrogen-bond donors (Lipinski definition) is 0. The summed E-state index contributed by atoms with van der Waals surface area (Å²) in [6, 6.07) is 7.77. The zero-order chi connectivity index (χ0) is 21.9. The number of fused-ring (bicyclic) bond motifs is 1.